The van der Waals surface area contributed by atoms with Gasteiger partial charge >= 0.3 is 0 Å². The number of benzene rings is 1. The van der Waals surface area contributed by atoms with E-state index in [-0.39, 0.29) is 5.25 Å². The Kier molecular flexibility index (Phi) is 5.06. The maximum absolute atomic E-state index is 12.9. The normalized spacial score (nSPS) is 20.3. The molecule has 0 saturated carbocycles. The Morgan fingerprint density at radius 1 is 1.26 bits per heavy atom. The minimum atomic E-state index is -3.53. The third kappa shape index (κ3) is 3.45. The monoisotopic (exact) mass is 371 g/mol. The minimum absolute atomic E-state index is 0.200. The van der Waals surface area contributed by atoms with Gasteiger partial charge in [0.2, 0.25) is 10.0 Å². The van der Waals surface area contributed by atoms with Gasteiger partial charge in [-0.2, -0.15) is 4.31 Å². The molecule has 0 spiro atoms. The van der Waals surface area contributed by atoms with Gasteiger partial charge in [0.05, 0.1) is 16.4 Å². The molecule has 1 unspecified atom stereocenters. The Morgan fingerprint density at radius 2 is 2.09 bits per heavy atom. The van der Waals surface area contributed by atoms with Crippen molar-refractivity contribution >= 4 is 33.4 Å². The topological polar surface area (TPSA) is 50.5 Å². The number of sulfonamides is 1. The second kappa shape index (κ2) is 6.89. The fourth-order valence-corrected chi connectivity index (χ4v) is 5.93. The maximum atomic E-state index is 12.9. The van der Waals surface area contributed by atoms with Gasteiger partial charge in [0.25, 0.3) is 0 Å². The zero-order valence-electron chi connectivity index (χ0n) is 12.7. The molecule has 1 saturated heterocycles. The number of nitrogens with zero attached hydrogens (tertiary/aromatic N) is 1. The van der Waals surface area contributed by atoms with E-state index in [4.69, 9.17) is 16.0 Å². The van der Waals surface area contributed by atoms with Crippen LogP contribution in [0.4, 0.5) is 0 Å². The molecule has 0 bridgehead atoms. The summed E-state index contributed by atoms with van der Waals surface area (Å²) in [6.45, 7) is 2.72. The fraction of sp³-hybridized carbons (Fsp3) is 0.375. The maximum Gasteiger partial charge on any atom is 0.243 e. The number of thioether (sulfide) groups is 1. The van der Waals surface area contributed by atoms with Crippen molar-refractivity contribution in [2.75, 3.05) is 18.8 Å². The van der Waals surface area contributed by atoms with Crippen LogP contribution in [0.1, 0.15) is 23.0 Å². The smallest absolute Gasteiger partial charge is 0.243 e. The average molecular weight is 372 g/mol. The first-order valence-electron chi connectivity index (χ1n) is 7.40. The molecular weight excluding hydrogens is 354 g/mol. The van der Waals surface area contributed by atoms with Crippen LogP contribution >= 0.6 is 23.4 Å². The van der Waals surface area contributed by atoms with E-state index in [9.17, 15) is 8.42 Å². The summed E-state index contributed by atoms with van der Waals surface area (Å²) in [5.41, 5.74) is 0.605. The van der Waals surface area contributed by atoms with Crippen LogP contribution in [-0.2, 0) is 10.0 Å². The van der Waals surface area contributed by atoms with E-state index < -0.39 is 10.0 Å². The van der Waals surface area contributed by atoms with E-state index in [2.05, 4.69) is 0 Å². The van der Waals surface area contributed by atoms with Crippen molar-refractivity contribution in [1.29, 1.82) is 0 Å². The zero-order valence-corrected chi connectivity index (χ0v) is 15.1. The number of rotatable bonds is 3. The van der Waals surface area contributed by atoms with E-state index in [1.165, 1.54) is 0 Å². The third-order valence-corrected chi connectivity index (χ3v) is 7.74. The predicted molar refractivity (Wildman–Crippen MR) is 93.5 cm³/mol. The van der Waals surface area contributed by atoms with Crippen molar-refractivity contribution in [3.8, 4) is 0 Å². The van der Waals surface area contributed by atoms with E-state index in [0.29, 0.717) is 28.6 Å². The molecule has 0 radical (unpaired) electrons. The van der Waals surface area contributed by atoms with Crippen LogP contribution in [0.5, 0.6) is 0 Å². The molecule has 2 aromatic rings. The molecule has 23 heavy (non-hydrogen) atoms. The molecule has 124 valence electrons. The van der Waals surface area contributed by atoms with Gasteiger partial charge < -0.3 is 4.42 Å². The third-order valence-electron chi connectivity index (χ3n) is 4.00. The molecule has 1 aliphatic rings. The Bertz CT molecular complexity index is 775. The standard InChI is InChI=1S/C16H18ClNO3S2/c1-12-13(17)4-2-6-16(12)23(19,20)18-8-7-15(22-11-9-18)14-5-3-10-21-14/h2-6,10,15H,7-9,11H2,1H3. The van der Waals surface area contributed by atoms with Crippen LogP contribution in [0.3, 0.4) is 0 Å². The van der Waals surface area contributed by atoms with Gasteiger partial charge in [-0.05, 0) is 43.2 Å². The van der Waals surface area contributed by atoms with Crippen molar-refractivity contribution in [1.82, 2.24) is 4.31 Å². The van der Waals surface area contributed by atoms with E-state index in [1.54, 1.807) is 47.5 Å². The Morgan fingerprint density at radius 3 is 2.83 bits per heavy atom. The first-order chi connectivity index (χ1) is 11.0. The van der Waals surface area contributed by atoms with Gasteiger partial charge in [0, 0.05) is 23.9 Å². The van der Waals surface area contributed by atoms with Crippen LogP contribution in [0, 0.1) is 6.92 Å². The quantitative estimate of drug-likeness (QED) is 0.814. The SMILES string of the molecule is Cc1c(Cl)cccc1S(=O)(=O)N1CCSC(c2ccco2)CC1. The zero-order chi connectivity index (χ0) is 16.4. The van der Waals surface area contributed by atoms with Gasteiger partial charge in [-0.3, -0.25) is 0 Å². The second-order valence-corrected chi connectivity index (χ2v) is 9.05. The molecule has 0 amide bonds. The molecule has 1 aliphatic heterocycles. The van der Waals surface area contributed by atoms with E-state index in [1.807, 2.05) is 12.1 Å². The van der Waals surface area contributed by atoms with Crippen LogP contribution in [0.25, 0.3) is 0 Å². The first kappa shape index (κ1) is 16.9. The van der Waals surface area contributed by atoms with E-state index in [0.717, 1.165) is 17.9 Å². The highest BCUT2D eigenvalue weighted by atomic mass is 35.5. The summed E-state index contributed by atoms with van der Waals surface area (Å²) >= 11 is 7.82. The lowest BCUT2D eigenvalue weighted by molar-refractivity contribution is 0.417. The van der Waals surface area contributed by atoms with E-state index >= 15 is 0 Å². The summed E-state index contributed by atoms with van der Waals surface area (Å²) in [4.78, 5) is 0.298. The first-order valence-corrected chi connectivity index (χ1v) is 10.3. The molecule has 1 atom stereocenters. The van der Waals surface area contributed by atoms with Crippen molar-refractivity contribution in [3.05, 3.63) is 52.9 Å². The largest absolute Gasteiger partial charge is 0.468 e. The van der Waals surface area contributed by atoms with Crippen molar-refractivity contribution in [2.24, 2.45) is 0 Å². The minimum Gasteiger partial charge on any atom is -0.468 e. The van der Waals surface area contributed by atoms with Crippen molar-refractivity contribution in [3.63, 3.8) is 0 Å². The van der Waals surface area contributed by atoms with Gasteiger partial charge in [-0.25, -0.2) is 8.42 Å². The summed E-state index contributed by atoms with van der Waals surface area (Å²) in [7, 11) is -3.53. The Labute approximate surface area is 145 Å². The number of furan rings is 1. The predicted octanol–water partition coefficient (Wildman–Crippen LogP) is 4.11. The molecule has 1 fully saturated rings. The molecule has 2 heterocycles. The molecule has 0 N–H and O–H groups in total. The summed E-state index contributed by atoms with van der Waals surface area (Å²) in [5, 5.41) is 0.675. The van der Waals surface area contributed by atoms with Crippen molar-refractivity contribution in [2.45, 2.75) is 23.5 Å². The Balaban J connectivity index is 1.82. The summed E-state index contributed by atoms with van der Waals surface area (Å²) in [6.07, 6.45) is 2.39. The van der Waals surface area contributed by atoms with Crippen LogP contribution in [0.15, 0.2) is 45.9 Å². The molecule has 1 aromatic carbocycles. The molecule has 7 heteroatoms. The average Bonchev–Trinajstić information content (AvgIpc) is 2.94. The van der Waals surface area contributed by atoms with Gasteiger partial charge in [-0.15, -0.1) is 11.8 Å². The molecule has 3 rings (SSSR count). The highest BCUT2D eigenvalue weighted by molar-refractivity contribution is 7.99. The molecule has 0 aliphatic carbocycles. The number of hydrogen-bond acceptors (Lipinski definition) is 4. The lowest BCUT2D eigenvalue weighted by Gasteiger charge is -2.21. The van der Waals surface area contributed by atoms with Crippen LogP contribution in [0.2, 0.25) is 5.02 Å². The summed E-state index contributed by atoms with van der Waals surface area (Å²) in [5.74, 6) is 1.65. The van der Waals surface area contributed by atoms with Crippen LogP contribution in [-0.4, -0.2) is 31.6 Å². The second-order valence-electron chi connectivity index (χ2n) is 5.43. The lowest BCUT2D eigenvalue weighted by atomic mass is 10.2. The highest BCUT2D eigenvalue weighted by Gasteiger charge is 2.30. The summed E-state index contributed by atoms with van der Waals surface area (Å²) in [6, 6.07) is 8.83. The molecule has 1 aromatic heterocycles. The fourth-order valence-electron chi connectivity index (χ4n) is 2.70. The summed E-state index contributed by atoms with van der Waals surface area (Å²) < 4.78 is 32.9. The van der Waals surface area contributed by atoms with Gasteiger partial charge in [0.15, 0.2) is 0 Å². The van der Waals surface area contributed by atoms with Gasteiger partial charge in [0.1, 0.15) is 5.76 Å². The number of halogens is 1. The van der Waals surface area contributed by atoms with Crippen LogP contribution < -0.4 is 0 Å². The molecular formula is C16H18ClNO3S2. The van der Waals surface area contributed by atoms with Gasteiger partial charge in [-0.1, -0.05) is 17.7 Å². The molecule has 4 nitrogen and oxygen atoms in total. The Hall–Kier alpha value is -0.950. The lowest BCUT2D eigenvalue weighted by Crippen LogP contribution is -2.33. The number of hydrogen-bond donors (Lipinski definition) is 0. The van der Waals surface area contributed by atoms with Crippen molar-refractivity contribution < 1.29 is 12.8 Å². The highest BCUT2D eigenvalue weighted by Crippen LogP contribution is 2.36.